The normalized spacial score (nSPS) is 12.1. The van der Waals surface area contributed by atoms with E-state index in [9.17, 15) is 13.4 Å². The van der Waals surface area contributed by atoms with Crippen molar-refractivity contribution in [3.05, 3.63) is 29.6 Å². The van der Waals surface area contributed by atoms with E-state index in [4.69, 9.17) is 5.11 Å². The summed E-state index contributed by atoms with van der Waals surface area (Å²) < 4.78 is 26.2. The topological polar surface area (TPSA) is 66.4 Å². The summed E-state index contributed by atoms with van der Waals surface area (Å²) in [6.07, 6.45) is 1.35. The second-order valence-electron chi connectivity index (χ2n) is 2.56. The third-order valence-electron chi connectivity index (χ3n) is 1.47. The molecule has 0 aliphatic heterocycles. The average molecular weight is 217 g/mol. The van der Waals surface area contributed by atoms with Crippen molar-refractivity contribution in [2.75, 3.05) is 11.0 Å². The smallest absolute Gasteiger partial charge is 0.335 e. The molecule has 0 saturated carbocycles. The number of carboxylic acids is 1. The molecule has 2 N–H and O–H groups in total. The van der Waals surface area contributed by atoms with Gasteiger partial charge in [-0.1, -0.05) is 0 Å². The van der Waals surface area contributed by atoms with Gasteiger partial charge in [0.15, 0.2) is 0 Å². The molecule has 0 aliphatic carbocycles. The lowest BCUT2D eigenvalue weighted by Gasteiger charge is -2.04. The van der Waals surface area contributed by atoms with Crippen LogP contribution in [0.25, 0.3) is 0 Å². The Labute approximate surface area is 82.3 Å². The van der Waals surface area contributed by atoms with Crippen LogP contribution >= 0.6 is 0 Å². The highest BCUT2D eigenvalue weighted by molar-refractivity contribution is 7.85. The number of rotatable bonds is 3. The highest BCUT2D eigenvalue weighted by Crippen LogP contribution is 2.15. The summed E-state index contributed by atoms with van der Waals surface area (Å²) >= 11 is 0. The number of anilines is 1. The van der Waals surface area contributed by atoms with E-state index in [2.05, 4.69) is 4.72 Å². The van der Waals surface area contributed by atoms with Crippen molar-refractivity contribution in [2.45, 2.75) is 0 Å². The number of benzene rings is 1. The van der Waals surface area contributed by atoms with E-state index < -0.39 is 22.8 Å². The molecule has 4 nitrogen and oxygen atoms in total. The summed E-state index contributed by atoms with van der Waals surface area (Å²) in [6.45, 7) is 0. The summed E-state index contributed by atoms with van der Waals surface area (Å²) in [6, 6.07) is 3.35. The van der Waals surface area contributed by atoms with Gasteiger partial charge >= 0.3 is 5.97 Å². The van der Waals surface area contributed by atoms with E-state index in [1.54, 1.807) is 0 Å². The molecule has 1 aromatic carbocycles. The summed E-state index contributed by atoms with van der Waals surface area (Å²) in [5.41, 5.74) is -0.120. The van der Waals surface area contributed by atoms with Gasteiger partial charge in [-0.05, 0) is 18.2 Å². The lowest BCUT2D eigenvalue weighted by atomic mass is 10.2. The lowest BCUT2D eigenvalue weighted by Crippen LogP contribution is -2.04. The Balaban J connectivity index is 3.01. The maximum absolute atomic E-state index is 13.1. The van der Waals surface area contributed by atoms with Gasteiger partial charge in [0.25, 0.3) is 0 Å². The minimum Gasteiger partial charge on any atom is -0.478 e. The molecule has 1 aromatic rings. The molecule has 1 atom stereocenters. The number of aromatic carboxylic acids is 1. The number of nitrogens with one attached hydrogen (secondary N) is 1. The fraction of sp³-hybridized carbons (Fsp3) is 0.125. The molecule has 1 unspecified atom stereocenters. The van der Waals surface area contributed by atoms with Crippen LogP contribution in [0, 0.1) is 5.82 Å². The SMILES string of the molecule is CS(=O)Nc1ccc(C(=O)O)cc1F. The Hall–Kier alpha value is -1.43. The van der Waals surface area contributed by atoms with Crippen LogP contribution < -0.4 is 4.72 Å². The van der Waals surface area contributed by atoms with Crippen molar-refractivity contribution in [2.24, 2.45) is 0 Å². The number of hydrogen-bond donors (Lipinski definition) is 2. The Kier molecular flexibility index (Phi) is 3.19. The number of hydrogen-bond acceptors (Lipinski definition) is 2. The second-order valence-corrected chi connectivity index (χ2v) is 3.67. The van der Waals surface area contributed by atoms with Crippen LogP contribution in [-0.4, -0.2) is 21.5 Å². The van der Waals surface area contributed by atoms with Crippen LogP contribution in [0.3, 0.4) is 0 Å². The van der Waals surface area contributed by atoms with Gasteiger partial charge in [0, 0.05) is 6.26 Å². The maximum atomic E-state index is 13.1. The number of carboxylic acid groups (broad SMARTS) is 1. The van der Waals surface area contributed by atoms with E-state index in [0.29, 0.717) is 0 Å². The molecule has 0 radical (unpaired) electrons. The molecule has 0 aromatic heterocycles. The fourth-order valence-corrected chi connectivity index (χ4v) is 1.36. The molecule has 76 valence electrons. The molecular weight excluding hydrogens is 209 g/mol. The van der Waals surface area contributed by atoms with E-state index in [1.165, 1.54) is 18.4 Å². The van der Waals surface area contributed by atoms with Gasteiger partial charge in [-0.2, -0.15) is 0 Å². The standard InChI is InChI=1S/C8H8FNO3S/c1-14(13)10-7-3-2-5(8(11)12)4-6(7)9/h2-4,10H,1H3,(H,11,12). The van der Waals surface area contributed by atoms with E-state index >= 15 is 0 Å². The first-order valence-electron chi connectivity index (χ1n) is 3.63. The zero-order valence-corrected chi connectivity index (χ0v) is 8.10. The minimum atomic E-state index is -1.38. The van der Waals surface area contributed by atoms with Crippen molar-refractivity contribution < 1.29 is 18.5 Å². The molecule has 6 heteroatoms. The fourth-order valence-electron chi connectivity index (χ4n) is 0.886. The van der Waals surface area contributed by atoms with Crippen LogP contribution in [0.1, 0.15) is 10.4 Å². The van der Waals surface area contributed by atoms with Crippen LogP contribution in [0.4, 0.5) is 10.1 Å². The van der Waals surface area contributed by atoms with E-state index in [0.717, 1.165) is 6.07 Å². The molecule has 14 heavy (non-hydrogen) atoms. The monoisotopic (exact) mass is 217 g/mol. The quantitative estimate of drug-likeness (QED) is 0.800. The molecule has 0 heterocycles. The Morgan fingerprint density at radius 1 is 1.57 bits per heavy atom. The molecule has 0 saturated heterocycles. The second kappa shape index (κ2) is 4.19. The van der Waals surface area contributed by atoms with Crippen LogP contribution in [-0.2, 0) is 11.0 Å². The minimum absolute atomic E-state index is 0.0239. The predicted molar refractivity (Wildman–Crippen MR) is 51.0 cm³/mol. The lowest BCUT2D eigenvalue weighted by molar-refractivity contribution is 0.0696. The zero-order chi connectivity index (χ0) is 10.7. The molecular formula is C8H8FNO3S. The largest absolute Gasteiger partial charge is 0.478 e. The van der Waals surface area contributed by atoms with Crippen molar-refractivity contribution in [3.63, 3.8) is 0 Å². The average Bonchev–Trinajstić information content (AvgIpc) is 2.07. The molecule has 0 fully saturated rings. The number of halogens is 1. The molecule has 0 aliphatic rings. The van der Waals surface area contributed by atoms with Crippen molar-refractivity contribution >= 4 is 22.6 Å². The van der Waals surface area contributed by atoms with Gasteiger partial charge in [0.1, 0.15) is 16.8 Å². The van der Waals surface area contributed by atoms with E-state index in [1.807, 2.05) is 0 Å². The molecule has 0 bridgehead atoms. The van der Waals surface area contributed by atoms with Crippen LogP contribution in [0.2, 0.25) is 0 Å². The molecule has 0 amide bonds. The first-order chi connectivity index (χ1) is 6.50. The van der Waals surface area contributed by atoms with Gasteiger partial charge in [0.05, 0.1) is 11.3 Å². The van der Waals surface area contributed by atoms with Gasteiger partial charge in [-0.25, -0.2) is 13.4 Å². The molecule has 0 spiro atoms. The number of carbonyl (C=O) groups is 1. The summed E-state index contributed by atoms with van der Waals surface area (Å²) in [7, 11) is -1.38. The Bertz CT molecular complexity index is 394. The summed E-state index contributed by atoms with van der Waals surface area (Å²) in [5, 5.41) is 8.53. The van der Waals surface area contributed by atoms with Crippen molar-refractivity contribution in [1.82, 2.24) is 0 Å². The highest BCUT2D eigenvalue weighted by atomic mass is 32.2. The third-order valence-corrected chi connectivity index (χ3v) is 1.98. The van der Waals surface area contributed by atoms with Crippen LogP contribution in [0.15, 0.2) is 18.2 Å². The van der Waals surface area contributed by atoms with Gasteiger partial charge in [0.2, 0.25) is 0 Å². The van der Waals surface area contributed by atoms with Crippen molar-refractivity contribution in [1.29, 1.82) is 0 Å². The molecule has 1 rings (SSSR count). The highest BCUT2D eigenvalue weighted by Gasteiger charge is 2.08. The van der Waals surface area contributed by atoms with Gasteiger partial charge in [-0.3, -0.25) is 0 Å². The van der Waals surface area contributed by atoms with E-state index in [-0.39, 0.29) is 11.3 Å². The Morgan fingerprint density at radius 3 is 2.64 bits per heavy atom. The first-order valence-corrected chi connectivity index (χ1v) is 5.19. The van der Waals surface area contributed by atoms with Crippen LogP contribution in [0.5, 0.6) is 0 Å². The zero-order valence-electron chi connectivity index (χ0n) is 7.28. The first kappa shape index (κ1) is 10.6. The van der Waals surface area contributed by atoms with Crippen molar-refractivity contribution in [3.8, 4) is 0 Å². The Morgan fingerprint density at radius 2 is 2.21 bits per heavy atom. The summed E-state index contributed by atoms with van der Waals surface area (Å²) in [5.74, 6) is -1.94. The summed E-state index contributed by atoms with van der Waals surface area (Å²) in [4.78, 5) is 10.4. The maximum Gasteiger partial charge on any atom is 0.335 e. The third kappa shape index (κ3) is 2.53. The van der Waals surface area contributed by atoms with Gasteiger partial charge < -0.3 is 9.83 Å². The van der Waals surface area contributed by atoms with Gasteiger partial charge in [-0.15, -0.1) is 0 Å². The predicted octanol–water partition coefficient (Wildman–Crippen LogP) is 1.23.